The molecule has 8 nitrogen and oxygen atoms in total. The van der Waals surface area contributed by atoms with E-state index in [2.05, 4.69) is 51.5 Å². The molecule has 6 rings (SSSR count). The van der Waals surface area contributed by atoms with E-state index in [0.717, 1.165) is 40.4 Å². The van der Waals surface area contributed by atoms with Crippen molar-refractivity contribution in [2.24, 2.45) is 0 Å². The van der Waals surface area contributed by atoms with Crippen molar-refractivity contribution in [2.75, 3.05) is 36.4 Å². The highest BCUT2D eigenvalue weighted by molar-refractivity contribution is 6.00. The molecule has 1 saturated heterocycles. The van der Waals surface area contributed by atoms with Crippen LogP contribution in [0, 0.1) is 5.82 Å². The van der Waals surface area contributed by atoms with E-state index in [-0.39, 0.29) is 11.8 Å². The van der Waals surface area contributed by atoms with Crippen molar-refractivity contribution in [3.63, 3.8) is 0 Å². The Balaban J connectivity index is 1.30. The number of aryl methyl sites for hydroxylation is 1. The second kappa shape index (κ2) is 10.1. The first kappa shape index (κ1) is 23.8. The first-order chi connectivity index (χ1) is 18.6. The van der Waals surface area contributed by atoms with Crippen LogP contribution in [-0.4, -0.2) is 52.2 Å². The van der Waals surface area contributed by atoms with Crippen LogP contribution >= 0.6 is 0 Å². The van der Waals surface area contributed by atoms with Gasteiger partial charge in [-0.3, -0.25) is 0 Å². The number of nitrogens with zero attached hydrogens (tertiary/aromatic N) is 5. The predicted molar refractivity (Wildman–Crippen MR) is 146 cm³/mol. The molecule has 2 amide bonds. The normalized spacial score (nSPS) is 13.8. The van der Waals surface area contributed by atoms with Crippen molar-refractivity contribution >= 4 is 39.4 Å². The van der Waals surface area contributed by atoms with E-state index in [1.54, 1.807) is 17.0 Å². The molecule has 1 fully saturated rings. The summed E-state index contributed by atoms with van der Waals surface area (Å²) in [6.07, 6.45) is 1.63. The fourth-order valence-corrected chi connectivity index (χ4v) is 4.87. The number of anilines is 2. The molecular formula is C29H27FN6O2. The standard InChI is InChI=1S/C29H27FN6O2/c1-2-6-24-32-27(35-13-15-36(16-14-35)29(37)31-23-10-5-9-22(30)18-23)25-26(34-38-28(25)33-24)21-12-11-19-7-3-4-8-20(19)17-21/h3-5,7-12,17-18H,2,6,13-16H2,1H3,(H,31,37). The Morgan fingerprint density at radius 1 is 0.974 bits per heavy atom. The van der Waals surface area contributed by atoms with Crippen LogP contribution in [0.3, 0.4) is 0 Å². The number of amides is 2. The van der Waals surface area contributed by atoms with Gasteiger partial charge in [0.1, 0.15) is 28.5 Å². The van der Waals surface area contributed by atoms with E-state index in [1.165, 1.54) is 12.1 Å². The van der Waals surface area contributed by atoms with Gasteiger partial charge in [-0.2, -0.15) is 4.98 Å². The van der Waals surface area contributed by atoms with E-state index in [1.807, 2.05) is 18.2 Å². The number of benzene rings is 3. The number of piperazine rings is 1. The second-order valence-electron chi connectivity index (χ2n) is 9.40. The van der Waals surface area contributed by atoms with Crippen LogP contribution in [0.4, 0.5) is 20.7 Å². The number of halogens is 1. The van der Waals surface area contributed by atoms with E-state index in [0.29, 0.717) is 49.1 Å². The number of nitrogens with one attached hydrogen (secondary N) is 1. The molecule has 0 aliphatic carbocycles. The summed E-state index contributed by atoms with van der Waals surface area (Å²) in [6.45, 7) is 4.23. The van der Waals surface area contributed by atoms with Crippen molar-refractivity contribution in [1.29, 1.82) is 0 Å². The van der Waals surface area contributed by atoms with E-state index in [4.69, 9.17) is 9.51 Å². The Bertz CT molecular complexity index is 1630. The minimum Gasteiger partial charge on any atom is -0.352 e. The third-order valence-electron chi connectivity index (χ3n) is 6.80. The number of carbonyl (C=O) groups excluding carboxylic acids is 1. The van der Waals surface area contributed by atoms with Gasteiger partial charge in [-0.05, 0) is 41.5 Å². The van der Waals surface area contributed by atoms with Crippen LogP contribution < -0.4 is 10.2 Å². The summed E-state index contributed by atoms with van der Waals surface area (Å²) in [7, 11) is 0. The van der Waals surface area contributed by atoms with Gasteiger partial charge in [-0.25, -0.2) is 14.2 Å². The van der Waals surface area contributed by atoms with Gasteiger partial charge in [0, 0.05) is 43.9 Å². The third-order valence-corrected chi connectivity index (χ3v) is 6.80. The topological polar surface area (TPSA) is 87.4 Å². The maximum Gasteiger partial charge on any atom is 0.321 e. The number of hydrogen-bond acceptors (Lipinski definition) is 6. The van der Waals surface area contributed by atoms with Gasteiger partial charge in [-0.1, -0.05) is 54.5 Å². The Kier molecular flexibility index (Phi) is 6.33. The Morgan fingerprint density at radius 3 is 2.58 bits per heavy atom. The molecule has 2 aromatic heterocycles. The lowest BCUT2D eigenvalue weighted by atomic mass is 10.0. The zero-order valence-corrected chi connectivity index (χ0v) is 21.0. The van der Waals surface area contributed by atoms with E-state index < -0.39 is 0 Å². The molecule has 0 bridgehead atoms. The lowest BCUT2D eigenvalue weighted by Gasteiger charge is -2.35. The van der Waals surface area contributed by atoms with Crippen LogP contribution in [0.2, 0.25) is 0 Å². The molecule has 1 aliphatic rings. The highest BCUT2D eigenvalue weighted by Gasteiger charge is 2.27. The summed E-state index contributed by atoms with van der Waals surface area (Å²) in [4.78, 5) is 26.3. The molecule has 1 aliphatic heterocycles. The zero-order chi connectivity index (χ0) is 26.1. The first-order valence-corrected chi connectivity index (χ1v) is 12.8. The molecule has 3 heterocycles. The molecule has 9 heteroatoms. The van der Waals surface area contributed by atoms with Crippen LogP contribution in [0.1, 0.15) is 19.2 Å². The minimum absolute atomic E-state index is 0.253. The molecular weight excluding hydrogens is 483 g/mol. The lowest BCUT2D eigenvalue weighted by Crippen LogP contribution is -2.50. The summed E-state index contributed by atoms with van der Waals surface area (Å²) in [5, 5.41) is 10.2. The average Bonchev–Trinajstić information content (AvgIpc) is 3.37. The first-order valence-electron chi connectivity index (χ1n) is 12.8. The van der Waals surface area contributed by atoms with Crippen molar-refractivity contribution in [3.05, 3.63) is 78.4 Å². The average molecular weight is 511 g/mol. The molecule has 38 heavy (non-hydrogen) atoms. The molecule has 5 aromatic rings. The highest BCUT2D eigenvalue weighted by atomic mass is 19.1. The van der Waals surface area contributed by atoms with Gasteiger partial charge in [0.05, 0.1) is 0 Å². The Morgan fingerprint density at radius 2 is 1.79 bits per heavy atom. The fourth-order valence-electron chi connectivity index (χ4n) is 4.87. The largest absolute Gasteiger partial charge is 0.352 e. The molecule has 0 saturated carbocycles. The Hall–Kier alpha value is -4.53. The number of rotatable bonds is 5. The zero-order valence-electron chi connectivity index (χ0n) is 21.0. The quantitative estimate of drug-likeness (QED) is 0.318. The van der Waals surface area contributed by atoms with E-state index >= 15 is 0 Å². The minimum atomic E-state index is -0.390. The number of fused-ring (bicyclic) bond motifs is 2. The molecule has 192 valence electrons. The van der Waals surface area contributed by atoms with Gasteiger partial charge in [-0.15, -0.1) is 0 Å². The van der Waals surface area contributed by atoms with Crippen LogP contribution in [-0.2, 0) is 6.42 Å². The van der Waals surface area contributed by atoms with Crippen LogP contribution in [0.25, 0.3) is 33.1 Å². The number of carbonyl (C=O) groups is 1. The third kappa shape index (κ3) is 4.63. The highest BCUT2D eigenvalue weighted by Crippen LogP contribution is 2.35. The molecule has 0 unspecified atom stereocenters. The summed E-state index contributed by atoms with van der Waals surface area (Å²) in [6, 6.07) is 20.1. The Labute approximate surface area is 219 Å². The van der Waals surface area contributed by atoms with Gasteiger partial charge in [0.15, 0.2) is 0 Å². The molecule has 0 spiro atoms. The smallest absolute Gasteiger partial charge is 0.321 e. The predicted octanol–water partition coefficient (Wildman–Crippen LogP) is 5.88. The summed E-state index contributed by atoms with van der Waals surface area (Å²) < 4.78 is 19.3. The van der Waals surface area contributed by atoms with Gasteiger partial charge >= 0.3 is 6.03 Å². The van der Waals surface area contributed by atoms with Gasteiger partial charge in [0.25, 0.3) is 5.71 Å². The maximum atomic E-state index is 13.5. The molecule has 3 aromatic carbocycles. The maximum absolute atomic E-state index is 13.5. The van der Waals surface area contributed by atoms with Crippen LogP contribution in [0.15, 0.2) is 71.3 Å². The van der Waals surface area contributed by atoms with Crippen molar-refractivity contribution in [2.45, 2.75) is 19.8 Å². The number of urea groups is 1. The summed E-state index contributed by atoms with van der Waals surface area (Å²) in [5.41, 5.74) is 2.54. The van der Waals surface area contributed by atoms with Crippen molar-refractivity contribution in [1.82, 2.24) is 20.0 Å². The number of hydrogen-bond donors (Lipinski definition) is 1. The number of aromatic nitrogens is 3. The second-order valence-corrected chi connectivity index (χ2v) is 9.40. The van der Waals surface area contributed by atoms with Crippen molar-refractivity contribution < 1.29 is 13.7 Å². The lowest BCUT2D eigenvalue weighted by molar-refractivity contribution is 0.208. The monoisotopic (exact) mass is 510 g/mol. The summed E-state index contributed by atoms with van der Waals surface area (Å²) >= 11 is 0. The summed E-state index contributed by atoms with van der Waals surface area (Å²) in [5.74, 6) is 1.09. The SMILES string of the molecule is CCCc1nc(N2CCN(C(=O)Nc3cccc(F)c3)CC2)c2c(-c3ccc4ccccc4c3)noc2n1. The van der Waals surface area contributed by atoms with Crippen LogP contribution in [0.5, 0.6) is 0 Å². The van der Waals surface area contributed by atoms with Crippen molar-refractivity contribution in [3.8, 4) is 11.3 Å². The van der Waals surface area contributed by atoms with Gasteiger partial charge in [0.2, 0.25) is 0 Å². The van der Waals surface area contributed by atoms with Gasteiger partial charge < -0.3 is 19.6 Å². The van der Waals surface area contributed by atoms with E-state index in [9.17, 15) is 9.18 Å². The molecule has 0 radical (unpaired) electrons. The fraction of sp³-hybridized carbons (Fsp3) is 0.241. The molecule has 0 atom stereocenters. The molecule has 1 N–H and O–H groups in total.